The molecule has 5 amide bonds. The molecule has 2 heterocycles. The van der Waals surface area contributed by atoms with E-state index < -0.39 is 29.3 Å². The second kappa shape index (κ2) is 7.69. The number of carbonyl (C=O) groups excluding carboxylic acids is 4. The van der Waals surface area contributed by atoms with Crippen molar-refractivity contribution in [3.63, 3.8) is 0 Å². The van der Waals surface area contributed by atoms with Crippen LogP contribution in [-0.4, -0.2) is 42.4 Å². The molecule has 1 saturated heterocycles. The Morgan fingerprint density at radius 3 is 2.54 bits per heavy atom. The number of hydrogen-bond donors (Lipinski definition) is 3. The molecule has 10 heteroatoms. The summed E-state index contributed by atoms with van der Waals surface area (Å²) in [6, 6.07) is 9.22. The molecule has 1 unspecified atom stereocenters. The third-order valence-electron chi connectivity index (χ3n) is 4.25. The van der Waals surface area contributed by atoms with Crippen molar-refractivity contribution in [3.05, 3.63) is 52.2 Å². The van der Waals surface area contributed by atoms with Crippen LogP contribution in [0.2, 0.25) is 0 Å². The standard InChI is InChI=1S/C18H18N4O5S/c1-18(11-5-7-12(27-2)8-6-11)16(25)22(17(26)20-18)21-14(23)10-19-15(24)13-4-3-9-28-13/h3-9H,10H2,1-2H3,(H,19,24)(H,20,26)(H,21,23). The Morgan fingerprint density at radius 1 is 1.21 bits per heavy atom. The molecular weight excluding hydrogens is 384 g/mol. The zero-order chi connectivity index (χ0) is 20.3. The zero-order valence-corrected chi connectivity index (χ0v) is 16.0. The summed E-state index contributed by atoms with van der Waals surface area (Å²) in [7, 11) is 1.52. The Balaban J connectivity index is 1.64. The highest BCUT2D eigenvalue weighted by Gasteiger charge is 2.50. The zero-order valence-electron chi connectivity index (χ0n) is 15.1. The van der Waals surface area contributed by atoms with E-state index in [1.807, 2.05) is 0 Å². The number of hydrogen-bond acceptors (Lipinski definition) is 6. The smallest absolute Gasteiger partial charge is 0.344 e. The van der Waals surface area contributed by atoms with Crippen LogP contribution < -0.4 is 20.8 Å². The van der Waals surface area contributed by atoms with E-state index in [0.717, 1.165) is 0 Å². The highest BCUT2D eigenvalue weighted by atomic mass is 32.1. The molecule has 2 aromatic rings. The minimum absolute atomic E-state index is 0.382. The number of thiophene rings is 1. The van der Waals surface area contributed by atoms with Gasteiger partial charge in [0, 0.05) is 0 Å². The molecule has 1 fully saturated rings. The molecule has 0 saturated carbocycles. The summed E-state index contributed by atoms with van der Waals surface area (Å²) in [4.78, 5) is 49.4. The number of nitrogens with one attached hydrogen (secondary N) is 3. The number of rotatable bonds is 6. The quantitative estimate of drug-likeness (QED) is 0.623. The molecule has 3 N–H and O–H groups in total. The number of amides is 5. The first-order valence-electron chi connectivity index (χ1n) is 8.27. The molecule has 146 valence electrons. The largest absolute Gasteiger partial charge is 0.497 e. The Kier molecular flexibility index (Phi) is 5.32. The van der Waals surface area contributed by atoms with Crippen molar-refractivity contribution in [1.82, 2.24) is 21.1 Å². The first kappa shape index (κ1) is 19.4. The molecule has 0 bridgehead atoms. The van der Waals surface area contributed by atoms with E-state index in [1.165, 1.54) is 18.4 Å². The van der Waals surface area contributed by atoms with Crippen LogP contribution in [0.5, 0.6) is 5.75 Å². The Hall–Kier alpha value is -3.40. The Bertz CT molecular complexity index is 913. The van der Waals surface area contributed by atoms with Crippen LogP contribution in [0.1, 0.15) is 22.2 Å². The monoisotopic (exact) mass is 402 g/mol. The van der Waals surface area contributed by atoms with Crippen LogP contribution in [0.15, 0.2) is 41.8 Å². The van der Waals surface area contributed by atoms with Crippen LogP contribution in [0.25, 0.3) is 0 Å². The van der Waals surface area contributed by atoms with Crippen LogP contribution >= 0.6 is 11.3 Å². The summed E-state index contributed by atoms with van der Waals surface area (Å²) < 4.78 is 5.09. The summed E-state index contributed by atoms with van der Waals surface area (Å²) in [5.74, 6) is -1.14. The number of benzene rings is 1. The molecule has 0 spiro atoms. The Morgan fingerprint density at radius 2 is 1.93 bits per heavy atom. The average Bonchev–Trinajstić information content (AvgIpc) is 3.30. The van der Waals surface area contributed by atoms with E-state index in [9.17, 15) is 19.2 Å². The van der Waals surface area contributed by atoms with Crippen molar-refractivity contribution in [2.75, 3.05) is 13.7 Å². The molecule has 0 radical (unpaired) electrons. The number of ether oxygens (including phenoxy) is 1. The molecule has 1 aliphatic rings. The summed E-state index contributed by atoms with van der Waals surface area (Å²) in [5.41, 5.74) is 1.42. The minimum atomic E-state index is -1.34. The second-order valence-electron chi connectivity index (χ2n) is 6.12. The van der Waals surface area contributed by atoms with Crippen LogP contribution in [0.4, 0.5) is 4.79 Å². The summed E-state index contributed by atoms with van der Waals surface area (Å²) >= 11 is 1.23. The third kappa shape index (κ3) is 3.67. The fourth-order valence-electron chi connectivity index (χ4n) is 2.68. The van der Waals surface area contributed by atoms with Gasteiger partial charge in [0.2, 0.25) is 0 Å². The number of methoxy groups -OCH3 is 1. The average molecular weight is 402 g/mol. The van der Waals surface area contributed by atoms with E-state index in [0.29, 0.717) is 21.2 Å². The maximum absolute atomic E-state index is 12.8. The summed E-state index contributed by atoms with van der Waals surface area (Å²) in [5, 5.41) is 7.36. The van der Waals surface area contributed by atoms with Gasteiger partial charge in [-0.2, -0.15) is 5.01 Å². The predicted molar refractivity (Wildman–Crippen MR) is 101 cm³/mol. The van der Waals surface area contributed by atoms with Crippen molar-refractivity contribution < 1.29 is 23.9 Å². The molecule has 1 aromatic heterocycles. The van der Waals surface area contributed by atoms with E-state index in [-0.39, 0.29) is 6.54 Å². The van der Waals surface area contributed by atoms with Gasteiger partial charge in [-0.3, -0.25) is 19.8 Å². The van der Waals surface area contributed by atoms with E-state index in [1.54, 1.807) is 48.7 Å². The van der Waals surface area contributed by atoms with Gasteiger partial charge in [0.1, 0.15) is 11.3 Å². The van der Waals surface area contributed by atoms with E-state index in [4.69, 9.17) is 4.74 Å². The lowest BCUT2D eigenvalue weighted by molar-refractivity contribution is -0.138. The van der Waals surface area contributed by atoms with Gasteiger partial charge in [-0.15, -0.1) is 11.3 Å². The van der Waals surface area contributed by atoms with Crippen molar-refractivity contribution in [1.29, 1.82) is 0 Å². The highest BCUT2D eigenvalue weighted by Crippen LogP contribution is 2.29. The van der Waals surface area contributed by atoms with Gasteiger partial charge < -0.3 is 15.4 Å². The maximum atomic E-state index is 12.8. The number of imide groups is 1. The molecule has 28 heavy (non-hydrogen) atoms. The highest BCUT2D eigenvalue weighted by molar-refractivity contribution is 7.12. The second-order valence-corrected chi connectivity index (χ2v) is 7.07. The third-order valence-corrected chi connectivity index (χ3v) is 5.12. The van der Waals surface area contributed by atoms with Gasteiger partial charge in [0.05, 0.1) is 18.5 Å². The number of urea groups is 1. The molecule has 1 aromatic carbocycles. The molecule has 1 aliphatic heterocycles. The summed E-state index contributed by atoms with van der Waals surface area (Å²) in [6.07, 6.45) is 0. The van der Waals surface area contributed by atoms with Gasteiger partial charge in [0.15, 0.2) is 0 Å². The van der Waals surface area contributed by atoms with Gasteiger partial charge in [-0.1, -0.05) is 18.2 Å². The molecule has 9 nitrogen and oxygen atoms in total. The molecule has 3 rings (SSSR count). The van der Waals surface area contributed by atoms with Crippen LogP contribution in [0.3, 0.4) is 0 Å². The Labute approximate surface area is 164 Å². The SMILES string of the molecule is COc1ccc(C2(C)NC(=O)N(NC(=O)CNC(=O)c3cccs3)C2=O)cc1. The topological polar surface area (TPSA) is 117 Å². The minimum Gasteiger partial charge on any atom is -0.497 e. The van der Waals surface area contributed by atoms with E-state index in [2.05, 4.69) is 16.1 Å². The normalized spacial score (nSPS) is 18.6. The lowest BCUT2D eigenvalue weighted by Gasteiger charge is -2.22. The van der Waals surface area contributed by atoms with E-state index >= 15 is 0 Å². The van der Waals surface area contributed by atoms with Gasteiger partial charge in [0.25, 0.3) is 17.7 Å². The number of nitrogens with zero attached hydrogens (tertiary/aromatic N) is 1. The predicted octanol–water partition coefficient (Wildman–Crippen LogP) is 0.985. The van der Waals surface area contributed by atoms with Crippen molar-refractivity contribution in [3.8, 4) is 5.75 Å². The van der Waals surface area contributed by atoms with Crippen LogP contribution in [-0.2, 0) is 15.1 Å². The van der Waals surface area contributed by atoms with Crippen molar-refractivity contribution in [2.24, 2.45) is 0 Å². The number of carbonyl (C=O) groups is 4. The molecule has 1 atom stereocenters. The fraction of sp³-hybridized carbons (Fsp3) is 0.222. The maximum Gasteiger partial charge on any atom is 0.344 e. The van der Waals surface area contributed by atoms with Crippen molar-refractivity contribution >= 4 is 35.1 Å². The molecule has 0 aliphatic carbocycles. The first-order valence-corrected chi connectivity index (χ1v) is 9.15. The number of hydrazine groups is 1. The van der Waals surface area contributed by atoms with Crippen molar-refractivity contribution in [2.45, 2.75) is 12.5 Å². The fourth-order valence-corrected chi connectivity index (χ4v) is 3.32. The summed E-state index contributed by atoms with van der Waals surface area (Å²) in [6.45, 7) is 1.16. The lowest BCUT2D eigenvalue weighted by Crippen LogP contribution is -2.50. The molecular formula is C18H18N4O5S. The lowest BCUT2D eigenvalue weighted by atomic mass is 9.92. The first-order chi connectivity index (χ1) is 13.3. The van der Waals surface area contributed by atoms with Gasteiger partial charge >= 0.3 is 6.03 Å². The van der Waals surface area contributed by atoms with Gasteiger partial charge in [-0.25, -0.2) is 4.79 Å². The van der Waals surface area contributed by atoms with Crippen LogP contribution in [0, 0.1) is 0 Å². The van der Waals surface area contributed by atoms with Gasteiger partial charge in [-0.05, 0) is 36.1 Å².